The van der Waals surface area contributed by atoms with Crippen LogP contribution in [0.1, 0.15) is 25.5 Å². The Morgan fingerprint density at radius 3 is 2.32 bits per heavy atom. The van der Waals surface area contributed by atoms with Crippen LogP contribution in [-0.4, -0.2) is 50.3 Å². The fourth-order valence-electron chi connectivity index (χ4n) is 2.42. The quantitative estimate of drug-likeness (QED) is 0.685. The van der Waals surface area contributed by atoms with Gasteiger partial charge >= 0.3 is 6.18 Å². The average Bonchev–Trinajstić information content (AvgIpc) is 2.49. The smallest absolute Gasteiger partial charge is 0.383 e. The number of hydrogen-bond acceptors (Lipinski definition) is 3. The number of methoxy groups -OCH3 is 1. The van der Waals surface area contributed by atoms with Gasteiger partial charge < -0.3 is 10.1 Å². The number of halogens is 4. The van der Waals surface area contributed by atoms with Crippen LogP contribution in [0.4, 0.5) is 17.6 Å². The third-order valence-corrected chi connectivity index (χ3v) is 3.59. The van der Waals surface area contributed by atoms with E-state index in [-0.39, 0.29) is 19.1 Å². The second kappa shape index (κ2) is 9.72. The van der Waals surface area contributed by atoms with Crippen molar-refractivity contribution in [3.05, 3.63) is 35.6 Å². The fourth-order valence-corrected chi connectivity index (χ4v) is 2.42. The van der Waals surface area contributed by atoms with Crippen molar-refractivity contribution in [1.82, 2.24) is 10.2 Å². The summed E-state index contributed by atoms with van der Waals surface area (Å²) >= 11 is 0. The van der Waals surface area contributed by atoms with Crippen LogP contribution in [0.2, 0.25) is 0 Å². The maximum absolute atomic E-state index is 13.0. The summed E-state index contributed by atoms with van der Waals surface area (Å²) in [5.41, 5.74) is 0.698. The second-order valence-electron chi connectivity index (χ2n) is 6.16. The zero-order valence-electron chi connectivity index (χ0n) is 14.6. The first-order chi connectivity index (χ1) is 11.6. The summed E-state index contributed by atoms with van der Waals surface area (Å²) in [6.45, 7) is 2.24. The third kappa shape index (κ3) is 8.31. The Labute approximate surface area is 145 Å². The van der Waals surface area contributed by atoms with Crippen LogP contribution in [0, 0.1) is 11.7 Å². The van der Waals surface area contributed by atoms with Crippen molar-refractivity contribution in [2.75, 3.05) is 33.4 Å². The van der Waals surface area contributed by atoms with E-state index in [0.717, 1.165) is 4.90 Å². The topological polar surface area (TPSA) is 41.6 Å². The Kier molecular flexibility index (Phi) is 8.31. The first kappa shape index (κ1) is 21.4. The van der Waals surface area contributed by atoms with Crippen LogP contribution in [-0.2, 0) is 9.53 Å². The predicted octanol–water partition coefficient (Wildman–Crippen LogP) is 3.15. The molecule has 0 saturated carbocycles. The minimum Gasteiger partial charge on any atom is -0.383 e. The van der Waals surface area contributed by atoms with Crippen LogP contribution in [0.5, 0.6) is 0 Å². The van der Waals surface area contributed by atoms with E-state index in [2.05, 4.69) is 5.32 Å². The second-order valence-corrected chi connectivity index (χ2v) is 6.16. The molecule has 1 N–H and O–H groups in total. The minimum atomic E-state index is -4.40. The number of amides is 1. The van der Waals surface area contributed by atoms with E-state index in [1.807, 2.05) is 13.8 Å². The highest BCUT2D eigenvalue weighted by atomic mass is 19.4. The van der Waals surface area contributed by atoms with Crippen LogP contribution in [0.15, 0.2) is 24.3 Å². The zero-order chi connectivity index (χ0) is 19.0. The Morgan fingerprint density at radius 1 is 1.24 bits per heavy atom. The number of ether oxygens (including phenoxy) is 1. The van der Waals surface area contributed by atoms with Gasteiger partial charge in [0.15, 0.2) is 0 Å². The summed E-state index contributed by atoms with van der Waals surface area (Å²) < 4.78 is 55.7. The molecule has 8 heteroatoms. The van der Waals surface area contributed by atoms with Crippen molar-refractivity contribution in [3.8, 4) is 0 Å². The number of carbonyl (C=O) groups is 1. The number of nitrogens with zero attached hydrogens (tertiary/aromatic N) is 1. The zero-order valence-corrected chi connectivity index (χ0v) is 14.6. The Hall–Kier alpha value is -1.67. The van der Waals surface area contributed by atoms with Crippen molar-refractivity contribution in [1.29, 1.82) is 0 Å². The number of hydrogen-bond donors (Lipinski definition) is 1. The average molecular weight is 364 g/mol. The first-order valence-electron chi connectivity index (χ1n) is 7.95. The highest BCUT2D eigenvalue weighted by molar-refractivity contribution is 5.78. The molecule has 142 valence electrons. The molecule has 4 nitrogen and oxygen atoms in total. The van der Waals surface area contributed by atoms with E-state index in [4.69, 9.17) is 4.74 Å². The molecule has 0 radical (unpaired) electrons. The first-order valence-corrected chi connectivity index (χ1v) is 7.95. The van der Waals surface area contributed by atoms with E-state index in [9.17, 15) is 22.4 Å². The minimum absolute atomic E-state index is 0.00762. The molecule has 1 amide bonds. The fraction of sp³-hybridized carbons (Fsp3) is 0.588. The largest absolute Gasteiger partial charge is 0.401 e. The molecular weight excluding hydrogens is 340 g/mol. The molecule has 0 aromatic heterocycles. The van der Waals surface area contributed by atoms with Gasteiger partial charge in [-0.05, 0) is 23.6 Å². The molecule has 0 bridgehead atoms. The van der Waals surface area contributed by atoms with Gasteiger partial charge in [0, 0.05) is 13.7 Å². The van der Waals surface area contributed by atoms with E-state index < -0.39 is 37.0 Å². The number of alkyl halides is 3. The molecule has 0 aliphatic carbocycles. The molecule has 1 aromatic rings. The summed E-state index contributed by atoms with van der Waals surface area (Å²) in [4.78, 5) is 13.2. The standard InChI is InChI=1S/C17H24F4N2O2/c1-12(2)16(13-4-6-14(18)7-5-13)22-15(24)10-23(8-9-25-3)11-17(19,20)21/h4-7,12,16H,8-11H2,1-3H3,(H,22,24). The Bertz CT molecular complexity index is 532. The lowest BCUT2D eigenvalue weighted by Crippen LogP contribution is -2.44. The molecule has 0 aliphatic rings. The Balaban J connectivity index is 2.75. The van der Waals surface area contributed by atoms with Gasteiger partial charge in [0.25, 0.3) is 0 Å². The normalized spacial score (nSPS) is 13.3. The van der Waals surface area contributed by atoms with Gasteiger partial charge in [-0.2, -0.15) is 13.2 Å². The molecule has 25 heavy (non-hydrogen) atoms. The van der Waals surface area contributed by atoms with Crippen molar-refractivity contribution in [2.24, 2.45) is 5.92 Å². The molecule has 1 unspecified atom stereocenters. The van der Waals surface area contributed by atoms with Crippen molar-refractivity contribution in [3.63, 3.8) is 0 Å². The maximum atomic E-state index is 13.0. The molecule has 0 fully saturated rings. The number of nitrogens with one attached hydrogen (secondary N) is 1. The third-order valence-electron chi connectivity index (χ3n) is 3.59. The molecule has 0 heterocycles. The lowest BCUT2D eigenvalue weighted by atomic mass is 9.96. The summed E-state index contributed by atoms with van der Waals surface area (Å²) in [5, 5.41) is 2.73. The van der Waals surface area contributed by atoms with Crippen molar-refractivity contribution in [2.45, 2.75) is 26.1 Å². The molecule has 1 atom stereocenters. The highest BCUT2D eigenvalue weighted by Crippen LogP contribution is 2.22. The van der Waals surface area contributed by atoms with E-state index in [1.165, 1.54) is 19.2 Å². The van der Waals surface area contributed by atoms with Crippen molar-refractivity contribution >= 4 is 5.91 Å². The van der Waals surface area contributed by atoms with Gasteiger partial charge in [0.1, 0.15) is 5.82 Å². The summed E-state index contributed by atoms with van der Waals surface area (Å²) in [5.74, 6) is -0.929. The highest BCUT2D eigenvalue weighted by Gasteiger charge is 2.31. The van der Waals surface area contributed by atoms with E-state index >= 15 is 0 Å². The SMILES string of the molecule is COCCN(CC(=O)NC(c1ccc(F)cc1)C(C)C)CC(F)(F)F. The van der Waals surface area contributed by atoms with Crippen LogP contribution < -0.4 is 5.32 Å². The van der Waals surface area contributed by atoms with Gasteiger partial charge in [-0.3, -0.25) is 9.69 Å². The van der Waals surface area contributed by atoms with Gasteiger partial charge in [-0.25, -0.2) is 4.39 Å². The molecule has 0 spiro atoms. The van der Waals surface area contributed by atoms with Gasteiger partial charge in [0.2, 0.25) is 5.91 Å². The summed E-state index contributed by atoms with van der Waals surface area (Å²) in [6.07, 6.45) is -4.40. The van der Waals surface area contributed by atoms with Crippen LogP contribution >= 0.6 is 0 Å². The number of rotatable bonds is 9. The van der Waals surface area contributed by atoms with Gasteiger partial charge in [0.05, 0.1) is 25.7 Å². The van der Waals surface area contributed by atoms with Gasteiger partial charge in [-0.15, -0.1) is 0 Å². The predicted molar refractivity (Wildman–Crippen MR) is 86.5 cm³/mol. The summed E-state index contributed by atoms with van der Waals surface area (Å²) in [6, 6.07) is 5.26. The number of benzene rings is 1. The summed E-state index contributed by atoms with van der Waals surface area (Å²) in [7, 11) is 1.38. The molecule has 1 aromatic carbocycles. The van der Waals surface area contributed by atoms with E-state index in [1.54, 1.807) is 12.1 Å². The molecular formula is C17H24F4N2O2. The van der Waals surface area contributed by atoms with Crippen molar-refractivity contribution < 1.29 is 27.1 Å². The Morgan fingerprint density at radius 2 is 1.84 bits per heavy atom. The van der Waals surface area contributed by atoms with Crippen LogP contribution in [0.25, 0.3) is 0 Å². The lowest BCUT2D eigenvalue weighted by molar-refractivity contribution is -0.150. The molecule has 0 saturated heterocycles. The van der Waals surface area contributed by atoms with E-state index in [0.29, 0.717) is 5.56 Å². The van der Waals surface area contributed by atoms with Crippen LogP contribution in [0.3, 0.4) is 0 Å². The molecule has 1 rings (SSSR count). The number of carbonyl (C=O) groups excluding carboxylic acids is 1. The molecule has 0 aliphatic heterocycles. The van der Waals surface area contributed by atoms with Gasteiger partial charge in [-0.1, -0.05) is 26.0 Å². The lowest BCUT2D eigenvalue weighted by Gasteiger charge is -2.26. The maximum Gasteiger partial charge on any atom is 0.401 e. The monoisotopic (exact) mass is 364 g/mol.